The molecule has 0 spiro atoms. The normalized spacial score (nSPS) is 10.2. The lowest BCUT2D eigenvalue weighted by atomic mass is 9.99. The lowest BCUT2D eigenvalue weighted by Crippen LogP contribution is -2.32. The van der Waals surface area contributed by atoms with Crippen molar-refractivity contribution in [3.05, 3.63) is 29.3 Å². The molecular formula is C13H20N2O2. The molecule has 0 aliphatic rings. The molecule has 0 atom stereocenters. The van der Waals surface area contributed by atoms with Crippen molar-refractivity contribution in [1.29, 1.82) is 0 Å². The minimum absolute atomic E-state index is 0.174. The van der Waals surface area contributed by atoms with Crippen LogP contribution in [-0.4, -0.2) is 20.2 Å². The van der Waals surface area contributed by atoms with Gasteiger partial charge in [0.15, 0.2) is 0 Å². The highest BCUT2D eigenvalue weighted by Crippen LogP contribution is 2.27. The Morgan fingerprint density at radius 2 is 2.12 bits per heavy atom. The minimum atomic E-state index is -0.174. The van der Waals surface area contributed by atoms with Crippen LogP contribution in [-0.2, 0) is 6.54 Å². The van der Waals surface area contributed by atoms with Gasteiger partial charge in [-0.2, -0.15) is 0 Å². The zero-order valence-electron chi connectivity index (χ0n) is 10.8. The summed E-state index contributed by atoms with van der Waals surface area (Å²) in [5.41, 5.74) is 2.22. The molecular weight excluding hydrogens is 216 g/mol. The van der Waals surface area contributed by atoms with Crippen LogP contribution in [0.2, 0.25) is 0 Å². The van der Waals surface area contributed by atoms with Gasteiger partial charge in [-0.1, -0.05) is 26.0 Å². The van der Waals surface area contributed by atoms with Crippen LogP contribution in [0.4, 0.5) is 4.79 Å². The highest BCUT2D eigenvalue weighted by atomic mass is 16.5. The number of ether oxygens (including phenoxy) is 1. The number of benzene rings is 1. The van der Waals surface area contributed by atoms with Gasteiger partial charge >= 0.3 is 6.03 Å². The standard InChI is InChI=1S/C13H20N2O2/c1-9(2)11-7-10(5-6-12(11)17-4)8-15-13(16)14-3/h5-7,9H,8H2,1-4H3,(H2,14,15,16). The smallest absolute Gasteiger partial charge is 0.314 e. The molecule has 1 aromatic carbocycles. The Bertz CT molecular complexity index is 389. The van der Waals surface area contributed by atoms with Crippen LogP contribution in [0.5, 0.6) is 5.75 Å². The van der Waals surface area contributed by atoms with E-state index >= 15 is 0 Å². The summed E-state index contributed by atoms with van der Waals surface area (Å²) in [6, 6.07) is 5.79. The van der Waals surface area contributed by atoms with Gasteiger partial charge in [0.25, 0.3) is 0 Å². The summed E-state index contributed by atoms with van der Waals surface area (Å²) >= 11 is 0. The third kappa shape index (κ3) is 3.66. The van der Waals surface area contributed by atoms with E-state index < -0.39 is 0 Å². The topological polar surface area (TPSA) is 50.4 Å². The average Bonchev–Trinajstić information content (AvgIpc) is 2.35. The third-order valence-corrected chi connectivity index (χ3v) is 2.60. The number of methoxy groups -OCH3 is 1. The Hall–Kier alpha value is -1.71. The second-order valence-corrected chi connectivity index (χ2v) is 4.16. The van der Waals surface area contributed by atoms with Crippen molar-refractivity contribution in [3.8, 4) is 5.75 Å². The maximum absolute atomic E-state index is 11.1. The molecule has 94 valence electrons. The van der Waals surface area contributed by atoms with Crippen LogP contribution >= 0.6 is 0 Å². The molecule has 17 heavy (non-hydrogen) atoms. The highest BCUT2D eigenvalue weighted by molar-refractivity contribution is 5.73. The van der Waals surface area contributed by atoms with Crippen molar-refractivity contribution in [1.82, 2.24) is 10.6 Å². The molecule has 0 aromatic heterocycles. The molecule has 1 aromatic rings. The van der Waals surface area contributed by atoms with Gasteiger partial charge in [0, 0.05) is 13.6 Å². The SMILES string of the molecule is CNC(=O)NCc1ccc(OC)c(C(C)C)c1. The van der Waals surface area contributed by atoms with Crippen molar-refractivity contribution < 1.29 is 9.53 Å². The van der Waals surface area contributed by atoms with Crippen LogP contribution in [0.3, 0.4) is 0 Å². The second kappa shape index (κ2) is 6.13. The van der Waals surface area contributed by atoms with Crippen LogP contribution in [0.25, 0.3) is 0 Å². The van der Waals surface area contributed by atoms with Gasteiger partial charge in [0.1, 0.15) is 5.75 Å². The Kier molecular flexibility index (Phi) is 4.82. The zero-order chi connectivity index (χ0) is 12.8. The number of hydrogen-bond donors (Lipinski definition) is 2. The minimum Gasteiger partial charge on any atom is -0.496 e. The summed E-state index contributed by atoms with van der Waals surface area (Å²) in [6.07, 6.45) is 0. The summed E-state index contributed by atoms with van der Waals surface area (Å²) in [5.74, 6) is 1.29. The first-order valence-electron chi connectivity index (χ1n) is 5.71. The number of amides is 2. The number of carbonyl (C=O) groups excluding carboxylic acids is 1. The molecule has 0 radical (unpaired) electrons. The van der Waals surface area contributed by atoms with Crippen LogP contribution < -0.4 is 15.4 Å². The van der Waals surface area contributed by atoms with E-state index in [1.807, 2.05) is 12.1 Å². The maximum Gasteiger partial charge on any atom is 0.314 e. The molecule has 0 aliphatic heterocycles. The number of carbonyl (C=O) groups is 1. The summed E-state index contributed by atoms with van der Waals surface area (Å²) < 4.78 is 5.31. The number of urea groups is 1. The molecule has 4 heteroatoms. The number of rotatable bonds is 4. The number of hydrogen-bond acceptors (Lipinski definition) is 2. The van der Waals surface area contributed by atoms with Gasteiger partial charge in [-0.3, -0.25) is 0 Å². The fourth-order valence-electron chi connectivity index (χ4n) is 1.62. The predicted molar refractivity (Wildman–Crippen MR) is 68.4 cm³/mol. The van der Waals surface area contributed by atoms with Crippen molar-refractivity contribution in [2.75, 3.05) is 14.2 Å². The molecule has 0 saturated carbocycles. The molecule has 1 rings (SSSR count). The molecule has 0 saturated heterocycles. The molecule has 0 unspecified atom stereocenters. The zero-order valence-corrected chi connectivity index (χ0v) is 10.8. The van der Waals surface area contributed by atoms with Crippen LogP contribution in [0.15, 0.2) is 18.2 Å². The molecule has 0 bridgehead atoms. The predicted octanol–water partition coefficient (Wildman–Crippen LogP) is 2.25. The van der Waals surface area contributed by atoms with Crippen molar-refractivity contribution in [2.45, 2.75) is 26.3 Å². The van der Waals surface area contributed by atoms with Gasteiger partial charge in [-0.15, -0.1) is 0 Å². The molecule has 2 amide bonds. The van der Waals surface area contributed by atoms with E-state index in [1.165, 1.54) is 0 Å². The first-order chi connectivity index (χ1) is 8.08. The third-order valence-electron chi connectivity index (χ3n) is 2.60. The second-order valence-electron chi connectivity index (χ2n) is 4.16. The van der Waals surface area contributed by atoms with Crippen molar-refractivity contribution in [2.24, 2.45) is 0 Å². The summed E-state index contributed by atoms with van der Waals surface area (Å²) in [6.45, 7) is 4.75. The summed E-state index contributed by atoms with van der Waals surface area (Å²) in [5, 5.41) is 5.28. The van der Waals surface area contributed by atoms with Crippen LogP contribution in [0, 0.1) is 0 Å². The van der Waals surface area contributed by atoms with E-state index in [0.717, 1.165) is 16.9 Å². The van der Waals surface area contributed by atoms with Gasteiger partial charge in [-0.25, -0.2) is 4.79 Å². The lowest BCUT2D eigenvalue weighted by Gasteiger charge is -2.13. The molecule has 0 heterocycles. The Morgan fingerprint density at radius 1 is 1.41 bits per heavy atom. The maximum atomic E-state index is 11.1. The monoisotopic (exact) mass is 236 g/mol. The molecule has 2 N–H and O–H groups in total. The largest absolute Gasteiger partial charge is 0.496 e. The van der Waals surface area contributed by atoms with E-state index in [0.29, 0.717) is 12.5 Å². The average molecular weight is 236 g/mol. The first-order valence-corrected chi connectivity index (χ1v) is 5.71. The molecule has 4 nitrogen and oxygen atoms in total. The highest BCUT2D eigenvalue weighted by Gasteiger charge is 2.08. The Balaban J connectivity index is 2.81. The van der Waals surface area contributed by atoms with E-state index in [4.69, 9.17) is 4.74 Å². The molecule has 0 fully saturated rings. The van der Waals surface area contributed by atoms with Gasteiger partial charge in [-0.05, 0) is 23.1 Å². The fraction of sp³-hybridized carbons (Fsp3) is 0.462. The molecule has 0 aliphatic carbocycles. The number of nitrogens with one attached hydrogen (secondary N) is 2. The van der Waals surface area contributed by atoms with E-state index in [1.54, 1.807) is 14.2 Å². The van der Waals surface area contributed by atoms with E-state index in [9.17, 15) is 4.79 Å². The van der Waals surface area contributed by atoms with Gasteiger partial charge in [0.05, 0.1) is 7.11 Å². The summed E-state index contributed by atoms with van der Waals surface area (Å²) in [4.78, 5) is 11.1. The Labute approximate surface area is 102 Å². The first kappa shape index (κ1) is 13.4. The quantitative estimate of drug-likeness (QED) is 0.842. The summed E-state index contributed by atoms with van der Waals surface area (Å²) in [7, 11) is 3.27. The lowest BCUT2D eigenvalue weighted by molar-refractivity contribution is 0.242. The van der Waals surface area contributed by atoms with Gasteiger partial charge in [0.2, 0.25) is 0 Å². The van der Waals surface area contributed by atoms with E-state index in [2.05, 4.69) is 30.5 Å². The van der Waals surface area contributed by atoms with Crippen molar-refractivity contribution >= 4 is 6.03 Å². The fourth-order valence-corrected chi connectivity index (χ4v) is 1.62. The Morgan fingerprint density at radius 3 is 2.65 bits per heavy atom. The van der Waals surface area contributed by atoms with Crippen molar-refractivity contribution in [3.63, 3.8) is 0 Å². The van der Waals surface area contributed by atoms with Crippen LogP contribution in [0.1, 0.15) is 30.9 Å². The van der Waals surface area contributed by atoms with Gasteiger partial charge < -0.3 is 15.4 Å². The van der Waals surface area contributed by atoms with E-state index in [-0.39, 0.29) is 6.03 Å².